The van der Waals surface area contributed by atoms with E-state index >= 15 is 0 Å². The zero-order valence-corrected chi connectivity index (χ0v) is 11.8. The number of phenols is 1. The van der Waals surface area contributed by atoms with Crippen LogP contribution in [0.2, 0.25) is 0 Å². The van der Waals surface area contributed by atoms with Gasteiger partial charge in [0.1, 0.15) is 5.75 Å². The first kappa shape index (κ1) is 13.7. The molecule has 3 nitrogen and oxygen atoms in total. The van der Waals surface area contributed by atoms with Gasteiger partial charge in [-0.2, -0.15) is 0 Å². The minimum atomic E-state index is -0.812. The average Bonchev–Trinajstić information content (AvgIpc) is 2.24. The molecule has 0 fully saturated rings. The zero-order chi connectivity index (χ0) is 12.1. The first-order chi connectivity index (χ1) is 7.52. The number of hydrogen-bond acceptors (Lipinski definition) is 3. The third-order valence-corrected chi connectivity index (χ3v) is 4.32. The molecule has 0 amide bonds. The summed E-state index contributed by atoms with van der Waals surface area (Å²) in [5.74, 6) is 0.264. The largest absolute Gasteiger partial charge is 0.506 e. The molecular formula is C11H16BrNO2S. The lowest BCUT2D eigenvalue weighted by molar-refractivity contribution is 0.461. The van der Waals surface area contributed by atoms with E-state index < -0.39 is 10.8 Å². The quantitative estimate of drug-likeness (QED) is 0.875. The van der Waals surface area contributed by atoms with Crippen LogP contribution in [0, 0.1) is 0 Å². The highest BCUT2D eigenvalue weighted by Crippen LogP contribution is 2.27. The van der Waals surface area contributed by atoms with E-state index in [1.807, 2.05) is 19.1 Å². The maximum absolute atomic E-state index is 11.1. The second-order valence-corrected chi connectivity index (χ2v) is 6.34. The summed E-state index contributed by atoms with van der Waals surface area (Å²) in [6, 6.07) is 5.53. The molecule has 2 N–H and O–H groups in total. The van der Waals surface area contributed by atoms with E-state index in [0.717, 1.165) is 5.56 Å². The Labute approximate surface area is 107 Å². The van der Waals surface area contributed by atoms with Gasteiger partial charge in [-0.15, -0.1) is 0 Å². The van der Waals surface area contributed by atoms with Gasteiger partial charge in [-0.3, -0.25) is 4.21 Å². The smallest absolute Gasteiger partial charge is 0.134 e. The van der Waals surface area contributed by atoms with Crippen LogP contribution in [0.15, 0.2) is 22.7 Å². The van der Waals surface area contributed by atoms with Crippen LogP contribution in [-0.2, 0) is 17.3 Å². The van der Waals surface area contributed by atoms with E-state index in [9.17, 15) is 9.32 Å². The van der Waals surface area contributed by atoms with Crippen LogP contribution in [0.5, 0.6) is 5.75 Å². The average molecular weight is 306 g/mol. The van der Waals surface area contributed by atoms with Crippen LogP contribution in [0.4, 0.5) is 0 Å². The molecule has 1 aromatic rings. The second-order valence-electron chi connectivity index (χ2n) is 3.69. The Morgan fingerprint density at radius 2 is 2.25 bits per heavy atom. The second kappa shape index (κ2) is 6.37. The molecule has 0 heterocycles. The Balaban J connectivity index is 2.49. The van der Waals surface area contributed by atoms with Gasteiger partial charge in [0.05, 0.1) is 4.47 Å². The van der Waals surface area contributed by atoms with Crippen LogP contribution in [0.3, 0.4) is 0 Å². The van der Waals surface area contributed by atoms with E-state index in [2.05, 4.69) is 21.2 Å². The minimum Gasteiger partial charge on any atom is -0.506 e. The number of halogens is 1. The van der Waals surface area contributed by atoms with Crippen LogP contribution in [0.1, 0.15) is 12.5 Å². The van der Waals surface area contributed by atoms with Gasteiger partial charge in [0.15, 0.2) is 0 Å². The normalized spacial score (nSPS) is 14.7. The number of nitrogens with one attached hydrogen (secondary N) is 1. The van der Waals surface area contributed by atoms with Gasteiger partial charge < -0.3 is 10.4 Å². The Hall–Kier alpha value is -0.390. The van der Waals surface area contributed by atoms with Crippen molar-refractivity contribution in [2.75, 3.05) is 12.8 Å². The third kappa shape index (κ3) is 3.88. The highest BCUT2D eigenvalue weighted by molar-refractivity contribution is 9.10. The third-order valence-electron chi connectivity index (χ3n) is 2.38. The molecule has 1 rings (SSSR count). The molecule has 0 saturated heterocycles. The van der Waals surface area contributed by atoms with Crippen molar-refractivity contribution >= 4 is 26.7 Å². The molecule has 0 aliphatic carbocycles. The fourth-order valence-electron chi connectivity index (χ4n) is 1.23. The van der Waals surface area contributed by atoms with Crippen molar-refractivity contribution < 1.29 is 9.32 Å². The van der Waals surface area contributed by atoms with Crippen LogP contribution >= 0.6 is 15.9 Å². The first-order valence-corrected chi connectivity index (χ1v) is 7.43. The van der Waals surface area contributed by atoms with Crippen molar-refractivity contribution in [2.24, 2.45) is 0 Å². The highest BCUT2D eigenvalue weighted by Gasteiger charge is 2.07. The van der Waals surface area contributed by atoms with Crippen molar-refractivity contribution in [1.29, 1.82) is 0 Å². The van der Waals surface area contributed by atoms with E-state index in [1.165, 1.54) is 0 Å². The molecule has 0 bridgehead atoms. The fraction of sp³-hybridized carbons (Fsp3) is 0.455. The Morgan fingerprint density at radius 1 is 1.56 bits per heavy atom. The van der Waals surface area contributed by atoms with Crippen molar-refractivity contribution in [1.82, 2.24) is 5.32 Å². The van der Waals surface area contributed by atoms with Gasteiger partial charge in [-0.1, -0.05) is 12.1 Å². The summed E-state index contributed by atoms with van der Waals surface area (Å²) in [5, 5.41) is 13.0. The Kier molecular flexibility index (Phi) is 5.44. The molecule has 90 valence electrons. The number of aromatic hydroxyl groups is 1. The van der Waals surface area contributed by atoms with Crippen molar-refractivity contribution in [3.05, 3.63) is 28.2 Å². The molecule has 2 atom stereocenters. The van der Waals surface area contributed by atoms with Gasteiger partial charge in [-0.05, 0) is 28.9 Å². The van der Waals surface area contributed by atoms with Gasteiger partial charge >= 0.3 is 0 Å². The molecule has 5 heteroatoms. The molecule has 0 aliphatic heterocycles. The lowest BCUT2D eigenvalue weighted by Gasteiger charge is -2.11. The molecule has 1 aromatic carbocycles. The van der Waals surface area contributed by atoms with Gasteiger partial charge in [0.25, 0.3) is 0 Å². The predicted octanol–water partition coefficient (Wildman–Crippen LogP) is 2.01. The first-order valence-electron chi connectivity index (χ1n) is 5.01. The topological polar surface area (TPSA) is 49.3 Å². The molecule has 2 unspecified atom stereocenters. The molecular weight excluding hydrogens is 290 g/mol. The number of benzene rings is 1. The Bertz CT molecular complexity index is 384. The SMILES string of the molecule is CC(CNCc1cccc(Br)c1O)S(C)=O. The van der Waals surface area contributed by atoms with E-state index in [-0.39, 0.29) is 11.0 Å². The summed E-state index contributed by atoms with van der Waals surface area (Å²) in [7, 11) is -0.812. The van der Waals surface area contributed by atoms with Gasteiger partial charge in [-0.25, -0.2) is 0 Å². The number of hydrogen-bond donors (Lipinski definition) is 2. The van der Waals surface area contributed by atoms with E-state index in [4.69, 9.17) is 0 Å². The summed E-state index contributed by atoms with van der Waals surface area (Å²) in [4.78, 5) is 0. The summed E-state index contributed by atoms with van der Waals surface area (Å²) < 4.78 is 11.8. The zero-order valence-electron chi connectivity index (χ0n) is 9.37. The summed E-state index contributed by atoms with van der Waals surface area (Å²) in [6.45, 7) is 3.19. The van der Waals surface area contributed by atoms with Crippen molar-refractivity contribution in [2.45, 2.75) is 18.7 Å². The van der Waals surface area contributed by atoms with Crippen molar-refractivity contribution in [3.8, 4) is 5.75 Å². The lowest BCUT2D eigenvalue weighted by atomic mass is 10.2. The van der Waals surface area contributed by atoms with E-state index in [1.54, 1.807) is 12.3 Å². The van der Waals surface area contributed by atoms with Crippen molar-refractivity contribution in [3.63, 3.8) is 0 Å². The summed E-state index contributed by atoms with van der Waals surface area (Å²) in [5.41, 5.74) is 0.837. The molecule has 0 saturated carbocycles. The predicted molar refractivity (Wildman–Crippen MR) is 71.0 cm³/mol. The van der Waals surface area contributed by atoms with Gasteiger partial charge in [0, 0.05) is 41.0 Å². The van der Waals surface area contributed by atoms with Gasteiger partial charge in [0.2, 0.25) is 0 Å². The van der Waals surface area contributed by atoms with Crippen LogP contribution in [-0.4, -0.2) is 27.4 Å². The molecule has 0 aromatic heterocycles. The fourth-order valence-corrected chi connectivity index (χ4v) is 1.99. The maximum Gasteiger partial charge on any atom is 0.134 e. The van der Waals surface area contributed by atoms with E-state index in [0.29, 0.717) is 17.6 Å². The van der Waals surface area contributed by atoms with Crippen LogP contribution < -0.4 is 5.32 Å². The number of rotatable bonds is 5. The van der Waals surface area contributed by atoms with Crippen LogP contribution in [0.25, 0.3) is 0 Å². The monoisotopic (exact) mass is 305 g/mol. The molecule has 0 radical (unpaired) electrons. The maximum atomic E-state index is 11.1. The minimum absolute atomic E-state index is 0.120. The molecule has 0 aliphatic rings. The highest BCUT2D eigenvalue weighted by atomic mass is 79.9. The molecule has 16 heavy (non-hydrogen) atoms. The lowest BCUT2D eigenvalue weighted by Crippen LogP contribution is -2.27. The standard InChI is InChI=1S/C11H16BrNO2S/c1-8(16(2)15)6-13-7-9-4-3-5-10(12)11(9)14/h3-5,8,13-14H,6-7H2,1-2H3. The summed E-state index contributed by atoms with van der Waals surface area (Å²) >= 11 is 3.26. The Morgan fingerprint density at radius 3 is 2.88 bits per heavy atom. The number of phenolic OH excluding ortho intramolecular Hbond substituents is 1. The summed E-state index contributed by atoms with van der Waals surface area (Å²) in [6.07, 6.45) is 1.70. The molecule has 0 spiro atoms. The number of para-hydroxylation sites is 1.